The zero-order valence-corrected chi connectivity index (χ0v) is 25.5. The minimum atomic E-state index is -1.29. The standard InChI is InChI=1S/C26H33ClN4O10S2/c1-41-26(40)23(15-4-2-3-5-16(15)27)31-9-8-19(14(12-31)10-21(33)34)43-42-13-18(24(37)29-11-22(35)36)30-20(32)7-6-17(28)25(38)39/h2-5,10,17-19,23H,6-9,11-13,28H2,1H3,(H,29,37)(H,30,32)(H,33,34)(H,35,36)(H,38,39)/t17-,18-,19?,23?/m0/s1. The Morgan fingerprint density at radius 1 is 1.19 bits per heavy atom. The third-order valence-electron chi connectivity index (χ3n) is 6.26. The Balaban J connectivity index is 2.13. The van der Waals surface area contributed by atoms with E-state index in [2.05, 4.69) is 10.6 Å². The van der Waals surface area contributed by atoms with Gasteiger partial charge < -0.3 is 36.4 Å². The highest BCUT2D eigenvalue weighted by Crippen LogP contribution is 2.39. The lowest BCUT2D eigenvalue weighted by molar-refractivity contribution is -0.147. The second kappa shape index (κ2) is 17.7. The van der Waals surface area contributed by atoms with E-state index in [4.69, 9.17) is 32.3 Å². The van der Waals surface area contributed by atoms with Crippen molar-refractivity contribution in [3.8, 4) is 0 Å². The maximum atomic E-state index is 12.8. The van der Waals surface area contributed by atoms with Crippen LogP contribution in [0.5, 0.6) is 0 Å². The van der Waals surface area contributed by atoms with Crippen molar-refractivity contribution >= 4 is 68.9 Å². The highest BCUT2D eigenvalue weighted by atomic mass is 35.5. The summed E-state index contributed by atoms with van der Waals surface area (Å²) < 4.78 is 5.01. The molecule has 7 N–H and O–H groups in total. The third-order valence-corrected chi connectivity index (χ3v) is 9.49. The van der Waals surface area contributed by atoms with Crippen LogP contribution < -0.4 is 16.4 Å². The Morgan fingerprint density at radius 3 is 2.49 bits per heavy atom. The number of nitrogens with one attached hydrogen (secondary N) is 2. The Kier molecular flexibility index (Phi) is 14.8. The van der Waals surface area contributed by atoms with Gasteiger partial charge in [-0.2, -0.15) is 0 Å². The molecule has 17 heteroatoms. The summed E-state index contributed by atoms with van der Waals surface area (Å²) in [7, 11) is 3.68. The molecule has 1 saturated heterocycles. The van der Waals surface area contributed by atoms with Gasteiger partial charge in [0.05, 0.1) is 7.11 Å². The Hall–Kier alpha value is -3.31. The van der Waals surface area contributed by atoms with Crippen LogP contribution in [-0.4, -0.2) is 106 Å². The molecule has 43 heavy (non-hydrogen) atoms. The van der Waals surface area contributed by atoms with Crippen molar-refractivity contribution in [3.63, 3.8) is 0 Å². The number of hydrogen-bond donors (Lipinski definition) is 6. The molecule has 2 rings (SSSR count). The van der Waals surface area contributed by atoms with Crippen LogP contribution in [0.4, 0.5) is 0 Å². The molecule has 1 aromatic carbocycles. The van der Waals surface area contributed by atoms with Crippen LogP contribution in [-0.2, 0) is 33.5 Å². The van der Waals surface area contributed by atoms with E-state index in [1.807, 2.05) is 0 Å². The zero-order chi connectivity index (χ0) is 32.1. The molecule has 1 aromatic rings. The van der Waals surface area contributed by atoms with Gasteiger partial charge >= 0.3 is 23.9 Å². The Labute approximate surface area is 260 Å². The molecule has 1 heterocycles. The largest absolute Gasteiger partial charge is 0.480 e. The minimum absolute atomic E-state index is 0.0161. The van der Waals surface area contributed by atoms with Gasteiger partial charge in [-0.1, -0.05) is 51.4 Å². The van der Waals surface area contributed by atoms with Gasteiger partial charge in [-0.3, -0.25) is 24.1 Å². The Morgan fingerprint density at radius 2 is 1.88 bits per heavy atom. The van der Waals surface area contributed by atoms with E-state index in [0.29, 0.717) is 29.1 Å². The molecular weight excluding hydrogens is 628 g/mol. The third kappa shape index (κ3) is 11.7. The lowest BCUT2D eigenvalue weighted by atomic mass is 9.98. The number of carboxylic acid groups (broad SMARTS) is 3. The van der Waals surface area contributed by atoms with Crippen LogP contribution in [0, 0.1) is 0 Å². The van der Waals surface area contributed by atoms with Crippen LogP contribution in [0.3, 0.4) is 0 Å². The molecule has 1 aliphatic heterocycles. The van der Waals surface area contributed by atoms with Crippen LogP contribution in [0.15, 0.2) is 35.9 Å². The number of likely N-dealkylation sites (tertiary alicyclic amines) is 1. The first-order valence-corrected chi connectivity index (χ1v) is 15.6. The predicted octanol–water partition coefficient (Wildman–Crippen LogP) is 0.899. The number of halogens is 1. The van der Waals surface area contributed by atoms with Crippen molar-refractivity contribution < 1.29 is 48.8 Å². The monoisotopic (exact) mass is 660 g/mol. The van der Waals surface area contributed by atoms with Crippen LogP contribution >= 0.6 is 33.2 Å². The number of esters is 1. The fraction of sp³-hybridized carbons (Fsp3) is 0.462. The number of piperidine rings is 1. The maximum Gasteiger partial charge on any atom is 0.328 e. The fourth-order valence-corrected chi connectivity index (χ4v) is 7.24. The minimum Gasteiger partial charge on any atom is -0.480 e. The van der Waals surface area contributed by atoms with Crippen molar-refractivity contribution in [3.05, 3.63) is 46.5 Å². The van der Waals surface area contributed by atoms with Gasteiger partial charge in [0.1, 0.15) is 24.7 Å². The van der Waals surface area contributed by atoms with Gasteiger partial charge in [0.15, 0.2) is 0 Å². The average molecular weight is 661 g/mol. The number of ether oxygens (including phenoxy) is 1. The normalized spacial score (nSPS) is 18.2. The molecule has 0 bridgehead atoms. The number of rotatable bonds is 16. The molecule has 0 aromatic heterocycles. The summed E-state index contributed by atoms with van der Waals surface area (Å²) in [6.07, 6.45) is 1.04. The summed E-state index contributed by atoms with van der Waals surface area (Å²) in [6.45, 7) is -0.189. The summed E-state index contributed by atoms with van der Waals surface area (Å²) in [6, 6.07) is 3.48. The summed E-state index contributed by atoms with van der Waals surface area (Å²) in [5.41, 5.74) is 6.44. The summed E-state index contributed by atoms with van der Waals surface area (Å²) in [5, 5.41) is 32.0. The molecular formula is C26H33ClN4O10S2. The van der Waals surface area contributed by atoms with E-state index in [1.54, 1.807) is 29.2 Å². The number of nitrogens with two attached hydrogens (primary N) is 1. The van der Waals surface area contributed by atoms with Crippen molar-refractivity contribution in [2.75, 3.05) is 32.5 Å². The second-order valence-corrected chi connectivity index (χ2v) is 12.4. The molecule has 4 atom stereocenters. The molecule has 2 unspecified atom stereocenters. The molecule has 2 amide bonds. The molecule has 0 aliphatic carbocycles. The smallest absolute Gasteiger partial charge is 0.328 e. The lowest BCUT2D eigenvalue weighted by Gasteiger charge is -2.37. The van der Waals surface area contributed by atoms with Crippen LogP contribution in [0.2, 0.25) is 5.02 Å². The van der Waals surface area contributed by atoms with Crippen molar-refractivity contribution in [2.24, 2.45) is 5.73 Å². The van der Waals surface area contributed by atoms with Gasteiger partial charge in [0, 0.05) is 41.6 Å². The van der Waals surface area contributed by atoms with E-state index < -0.39 is 60.4 Å². The number of carboxylic acids is 3. The average Bonchev–Trinajstić information content (AvgIpc) is 2.95. The van der Waals surface area contributed by atoms with E-state index >= 15 is 0 Å². The SMILES string of the molecule is COC(=O)C(c1ccccc1Cl)N1CCC(SSC[C@H](NC(=O)CC[C@H](N)C(=O)O)C(=O)NCC(=O)O)C(=CC(=O)O)C1. The molecule has 0 spiro atoms. The summed E-state index contributed by atoms with van der Waals surface area (Å²) in [5.74, 6) is -5.73. The quantitative estimate of drug-likeness (QED) is 0.0823. The molecule has 0 radical (unpaired) electrons. The predicted molar refractivity (Wildman–Crippen MR) is 159 cm³/mol. The number of methoxy groups -OCH3 is 1. The van der Waals surface area contributed by atoms with Gasteiger partial charge in [-0.15, -0.1) is 0 Å². The van der Waals surface area contributed by atoms with Gasteiger partial charge in [0.2, 0.25) is 11.8 Å². The molecule has 14 nitrogen and oxygen atoms in total. The first-order valence-electron chi connectivity index (χ1n) is 12.9. The first kappa shape index (κ1) is 35.9. The molecule has 1 fully saturated rings. The maximum absolute atomic E-state index is 12.8. The summed E-state index contributed by atoms with van der Waals surface area (Å²) >= 11 is 6.36. The molecule has 0 saturated carbocycles. The zero-order valence-electron chi connectivity index (χ0n) is 23.1. The van der Waals surface area contributed by atoms with E-state index in [0.717, 1.165) is 16.9 Å². The van der Waals surface area contributed by atoms with Crippen molar-refractivity contribution in [2.45, 2.75) is 42.6 Å². The fourth-order valence-electron chi connectivity index (χ4n) is 4.13. The number of hydrogen-bond acceptors (Lipinski definition) is 11. The second-order valence-electron chi connectivity index (χ2n) is 9.35. The number of carbonyl (C=O) groups excluding carboxylic acids is 3. The number of amides is 2. The first-order chi connectivity index (χ1) is 20.3. The summed E-state index contributed by atoms with van der Waals surface area (Å²) in [4.78, 5) is 73.0. The van der Waals surface area contributed by atoms with Crippen molar-refractivity contribution in [1.82, 2.24) is 15.5 Å². The Bertz CT molecular complexity index is 1230. The number of nitrogens with zero attached hydrogens (tertiary/aromatic N) is 1. The van der Waals surface area contributed by atoms with Gasteiger partial charge in [0.25, 0.3) is 0 Å². The van der Waals surface area contributed by atoms with E-state index in [1.165, 1.54) is 17.9 Å². The molecule has 236 valence electrons. The molecule has 1 aliphatic rings. The van der Waals surface area contributed by atoms with Crippen LogP contribution in [0.1, 0.15) is 30.9 Å². The van der Waals surface area contributed by atoms with Crippen molar-refractivity contribution in [1.29, 1.82) is 0 Å². The number of carbonyl (C=O) groups is 6. The topological polar surface area (TPSA) is 226 Å². The van der Waals surface area contributed by atoms with E-state index in [-0.39, 0.29) is 30.4 Å². The highest BCUT2D eigenvalue weighted by Gasteiger charge is 2.36. The van der Waals surface area contributed by atoms with Gasteiger partial charge in [-0.05, 0) is 30.0 Å². The van der Waals surface area contributed by atoms with E-state index in [9.17, 15) is 33.9 Å². The van der Waals surface area contributed by atoms with Gasteiger partial charge in [-0.25, -0.2) is 9.59 Å². The number of benzene rings is 1. The highest BCUT2D eigenvalue weighted by molar-refractivity contribution is 8.77. The number of aliphatic carboxylic acids is 3. The van der Waals surface area contributed by atoms with Crippen LogP contribution in [0.25, 0.3) is 0 Å². The lowest BCUT2D eigenvalue weighted by Crippen LogP contribution is -2.49.